The van der Waals surface area contributed by atoms with Crippen LogP contribution in [0.15, 0.2) is 54.6 Å². The van der Waals surface area contributed by atoms with Crippen LogP contribution in [0.5, 0.6) is 5.75 Å². The lowest BCUT2D eigenvalue weighted by Crippen LogP contribution is -2.54. The van der Waals surface area contributed by atoms with Crippen molar-refractivity contribution in [1.82, 2.24) is 4.90 Å². The molecule has 170 valence electrons. The minimum Gasteiger partial charge on any atom is -0.493 e. The number of nitrogens with two attached hydrogens (primary N) is 1. The maximum Gasteiger partial charge on any atom is 0.233 e. The van der Waals surface area contributed by atoms with Gasteiger partial charge in [-0.3, -0.25) is 9.59 Å². The van der Waals surface area contributed by atoms with Crippen LogP contribution in [-0.4, -0.2) is 36.4 Å². The Balaban J connectivity index is 1.58. The van der Waals surface area contributed by atoms with Crippen molar-refractivity contribution in [3.8, 4) is 5.75 Å². The third-order valence-corrected chi connectivity index (χ3v) is 7.03. The van der Waals surface area contributed by atoms with E-state index >= 15 is 0 Å². The second kappa shape index (κ2) is 9.31. The van der Waals surface area contributed by atoms with Crippen LogP contribution in [0.2, 0.25) is 0 Å². The Labute approximate surface area is 188 Å². The van der Waals surface area contributed by atoms with Gasteiger partial charge in [-0.2, -0.15) is 0 Å². The number of ether oxygens (including phenoxy) is 1. The minimum absolute atomic E-state index is 0.0360. The molecule has 2 fully saturated rings. The van der Waals surface area contributed by atoms with Gasteiger partial charge in [0.1, 0.15) is 11.6 Å². The Hall–Kier alpha value is -2.89. The van der Waals surface area contributed by atoms with Gasteiger partial charge in [0.15, 0.2) is 0 Å². The number of para-hydroxylation sites is 1. The van der Waals surface area contributed by atoms with E-state index in [1.807, 2.05) is 41.3 Å². The summed E-state index contributed by atoms with van der Waals surface area (Å²) in [6.45, 7) is 1.36. The van der Waals surface area contributed by atoms with Crippen LogP contribution in [0.3, 0.4) is 0 Å². The predicted molar refractivity (Wildman–Crippen MR) is 121 cm³/mol. The number of halogens is 1. The van der Waals surface area contributed by atoms with Crippen molar-refractivity contribution in [2.45, 2.75) is 50.4 Å². The van der Waals surface area contributed by atoms with E-state index in [0.717, 1.165) is 49.8 Å². The molecule has 0 spiro atoms. The Bertz CT molecular complexity index is 959. The number of piperidine rings is 1. The van der Waals surface area contributed by atoms with E-state index in [2.05, 4.69) is 0 Å². The molecule has 0 radical (unpaired) electrons. The van der Waals surface area contributed by atoms with Gasteiger partial charge in [0, 0.05) is 24.9 Å². The summed E-state index contributed by atoms with van der Waals surface area (Å²) in [7, 11) is 0. The van der Waals surface area contributed by atoms with Gasteiger partial charge in [0.2, 0.25) is 11.8 Å². The van der Waals surface area contributed by atoms with Crippen LogP contribution < -0.4 is 10.5 Å². The molecule has 1 aliphatic heterocycles. The molecule has 1 aliphatic carbocycles. The monoisotopic (exact) mass is 438 g/mol. The van der Waals surface area contributed by atoms with Crippen molar-refractivity contribution in [2.24, 2.45) is 11.1 Å². The van der Waals surface area contributed by atoms with Gasteiger partial charge in [-0.1, -0.05) is 43.2 Å². The third-order valence-electron chi connectivity index (χ3n) is 7.03. The van der Waals surface area contributed by atoms with Crippen molar-refractivity contribution < 1.29 is 18.7 Å². The number of amides is 2. The summed E-state index contributed by atoms with van der Waals surface area (Å²) in [5.41, 5.74) is 5.14. The second-order valence-electron chi connectivity index (χ2n) is 9.37. The number of likely N-dealkylation sites (tertiary alicyclic amines) is 1. The van der Waals surface area contributed by atoms with Gasteiger partial charge in [-0.05, 0) is 55.5 Å². The highest BCUT2D eigenvalue weighted by Crippen LogP contribution is 2.44. The first-order valence-corrected chi connectivity index (χ1v) is 11.4. The van der Waals surface area contributed by atoms with E-state index in [0.29, 0.717) is 19.7 Å². The van der Waals surface area contributed by atoms with Crippen molar-refractivity contribution in [1.29, 1.82) is 0 Å². The summed E-state index contributed by atoms with van der Waals surface area (Å²) in [6.07, 6.45) is 5.02. The zero-order valence-electron chi connectivity index (χ0n) is 18.4. The molecule has 0 bridgehead atoms. The number of benzene rings is 2. The van der Waals surface area contributed by atoms with Crippen molar-refractivity contribution >= 4 is 11.8 Å². The van der Waals surface area contributed by atoms with E-state index in [9.17, 15) is 14.0 Å². The number of hydrogen-bond donors (Lipinski definition) is 1. The first-order chi connectivity index (χ1) is 15.4. The molecule has 6 heteroatoms. The minimum atomic E-state index is -0.696. The lowest BCUT2D eigenvalue weighted by atomic mass is 9.74. The maximum atomic E-state index is 14.0. The van der Waals surface area contributed by atoms with Gasteiger partial charge in [-0.15, -0.1) is 0 Å². The van der Waals surface area contributed by atoms with Gasteiger partial charge in [0.25, 0.3) is 0 Å². The summed E-state index contributed by atoms with van der Waals surface area (Å²) >= 11 is 0. The Morgan fingerprint density at radius 2 is 1.75 bits per heavy atom. The number of hydrogen-bond acceptors (Lipinski definition) is 3. The normalized spacial score (nSPS) is 22.5. The summed E-state index contributed by atoms with van der Waals surface area (Å²) in [4.78, 5) is 27.8. The number of carbonyl (C=O) groups is 2. The van der Waals surface area contributed by atoms with Crippen LogP contribution in [0.4, 0.5) is 4.39 Å². The van der Waals surface area contributed by atoms with Gasteiger partial charge >= 0.3 is 0 Å². The SMILES string of the molecule is NC(=O)C[C@]1(COc2ccccc2)CCCN(C(=O)C2(c3cccc(F)c3)CCCC2)C1. The fourth-order valence-corrected chi connectivity index (χ4v) is 5.51. The molecule has 0 unspecified atom stereocenters. The van der Waals surface area contributed by atoms with Crippen LogP contribution in [-0.2, 0) is 15.0 Å². The summed E-state index contributed by atoms with van der Waals surface area (Å²) in [5, 5.41) is 0. The molecule has 1 atom stereocenters. The number of rotatable bonds is 7. The maximum absolute atomic E-state index is 14.0. The average molecular weight is 439 g/mol. The topological polar surface area (TPSA) is 72.6 Å². The number of carbonyl (C=O) groups excluding carboxylic acids is 2. The van der Waals surface area contributed by atoms with Crippen LogP contribution >= 0.6 is 0 Å². The van der Waals surface area contributed by atoms with Gasteiger partial charge < -0.3 is 15.4 Å². The highest BCUT2D eigenvalue weighted by atomic mass is 19.1. The molecule has 2 aromatic carbocycles. The van der Waals surface area contributed by atoms with E-state index in [1.165, 1.54) is 12.1 Å². The fourth-order valence-electron chi connectivity index (χ4n) is 5.51. The first kappa shape index (κ1) is 22.3. The summed E-state index contributed by atoms with van der Waals surface area (Å²) in [6, 6.07) is 15.9. The quantitative estimate of drug-likeness (QED) is 0.704. The molecule has 5 nitrogen and oxygen atoms in total. The van der Waals surface area contributed by atoms with Gasteiger partial charge in [-0.25, -0.2) is 4.39 Å². The Morgan fingerprint density at radius 1 is 1.00 bits per heavy atom. The largest absolute Gasteiger partial charge is 0.493 e. The Morgan fingerprint density at radius 3 is 2.44 bits per heavy atom. The lowest BCUT2D eigenvalue weighted by molar-refractivity contribution is -0.143. The highest BCUT2D eigenvalue weighted by molar-refractivity contribution is 5.89. The standard InChI is InChI=1S/C26H31FN2O3/c27-21-9-6-8-20(16-21)26(13-4-5-14-26)24(31)29-15-7-12-25(18-29,17-23(28)30)19-32-22-10-2-1-3-11-22/h1-3,6,8-11,16H,4-5,7,12-15,17-19H2,(H2,28,30)/t25-/m1/s1. The molecular formula is C26H31FN2O3. The van der Waals surface area contributed by atoms with Crippen LogP contribution in [0.25, 0.3) is 0 Å². The molecule has 0 aromatic heterocycles. The molecule has 32 heavy (non-hydrogen) atoms. The highest BCUT2D eigenvalue weighted by Gasteiger charge is 2.48. The number of nitrogens with zero attached hydrogens (tertiary/aromatic N) is 1. The van der Waals surface area contributed by atoms with Crippen molar-refractivity contribution in [3.63, 3.8) is 0 Å². The molecular weight excluding hydrogens is 407 g/mol. The smallest absolute Gasteiger partial charge is 0.233 e. The van der Waals surface area contributed by atoms with Crippen molar-refractivity contribution in [2.75, 3.05) is 19.7 Å². The van der Waals surface area contributed by atoms with Crippen LogP contribution in [0, 0.1) is 11.2 Å². The van der Waals surface area contributed by atoms with E-state index in [-0.39, 0.29) is 18.1 Å². The molecule has 1 heterocycles. The van der Waals surface area contributed by atoms with Crippen LogP contribution in [0.1, 0.15) is 50.5 Å². The molecule has 2 amide bonds. The average Bonchev–Trinajstić information content (AvgIpc) is 3.29. The van der Waals surface area contributed by atoms with Gasteiger partial charge in [0.05, 0.1) is 12.0 Å². The summed E-state index contributed by atoms with van der Waals surface area (Å²) in [5.74, 6) is 0.0527. The molecule has 2 N–H and O–H groups in total. The van der Waals surface area contributed by atoms with E-state index in [4.69, 9.17) is 10.5 Å². The lowest BCUT2D eigenvalue weighted by Gasteiger charge is -2.45. The number of primary amides is 1. The fraction of sp³-hybridized carbons (Fsp3) is 0.462. The zero-order valence-corrected chi connectivity index (χ0v) is 18.4. The Kier molecular flexibility index (Phi) is 6.49. The second-order valence-corrected chi connectivity index (χ2v) is 9.37. The summed E-state index contributed by atoms with van der Waals surface area (Å²) < 4.78 is 20.1. The molecule has 1 saturated heterocycles. The molecule has 2 aromatic rings. The van der Waals surface area contributed by atoms with Crippen molar-refractivity contribution in [3.05, 3.63) is 66.0 Å². The van der Waals surface area contributed by atoms with E-state index in [1.54, 1.807) is 6.07 Å². The molecule has 2 aliphatic rings. The third kappa shape index (κ3) is 4.64. The predicted octanol–water partition coefficient (Wildman–Crippen LogP) is 4.20. The molecule has 4 rings (SSSR count). The van der Waals surface area contributed by atoms with E-state index < -0.39 is 16.7 Å². The molecule has 1 saturated carbocycles. The zero-order chi connectivity index (χ0) is 22.6. The first-order valence-electron chi connectivity index (χ1n) is 11.4.